The molecule has 30 heavy (non-hydrogen) atoms. The molecule has 1 aromatic heterocycles. The summed E-state index contributed by atoms with van der Waals surface area (Å²) < 4.78 is 28.3. The lowest BCUT2D eigenvalue weighted by molar-refractivity contribution is 0.0455. The standard InChI is InChI=1S/C22H22F2N2O4/c1-22-7-3-2-4-13(22)10-26-11-15(18(27)19(28)17(26)20(22)29)21(30)25-9-12-5-6-14(23)8-16(12)24/h5-6,8,11,13,28H,2-4,7,9-10H2,1H3,(H,25,30)/t13-,22-/m0/s1. The van der Waals surface area contributed by atoms with Gasteiger partial charge in [-0.2, -0.15) is 0 Å². The van der Waals surface area contributed by atoms with Crippen molar-refractivity contribution < 1.29 is 23.5 Å². The van der Waals surface area contributed by atoms with Crippen molar-refractivity contribution in [2.24, 2.45) is 11.3 Å². The maximum Gasteiger partial charge on any atom is 0.257 e. The molecule has 1 aliphatic heterocycles. The number of amides is 1. The Kier molecular flexibility index (Phi) is 4.95. The topological polar surface area (TPSA) is 88.4 Å². The molecule has 0 bridgehead atoms. The second-order valence-corrected chi connectivity index (χ2v) is 8.33. The fourth-order valence-corrected chi connectivity index (χ4v) is 4.63. The average Bonchev–Trinajstić information content (AvgIpc) is 2.70. The van der Waals surface area contributed by atoms with Crippen LogP contribution in [-0.4, -0.2) is 21.4 Å². The predicted molar refractivity (Wildman–Crippen MR) is 104 cm³/mol. The van der Waals surface area contributed by atoms with E-state index in [0.29, 0.717) is 19.0 Å². The summed E-state index contributed by atoms with van der Waals surface area (Å²) in [6.45, 7) is 2.05. The number of carbonyl (C=O) groups excluding carboxylic acids is 2. The summed E-state index contributed by atoms with van der Waals surface area (Å²) in [6, 6.07) is 2.97. The van der Waals surface area contributed by atoms with Crippen LogP contribution in [0.3, 0.4) is 0 Å². The number of rotatable bonds is 3. The summed E-state index contributed by atoms with van der Waals surface area (Å²) in [5.74, 6) is -3.29. The Morgan fingerprint density at radius 1 is 1.30 bits per heavy atom. The fourth-order valence-electron chi connectivity index (χ4n) is 4.63. The lowest BCUT2D eigenvalue weighted by Crippen LogP contribution is -2.47. The number of hydrogen-bond donors (Lipinski definition) is 2. The number of benzene rings is 1. The number of nitrogens with one attached hydrogen (secondary N) is 1. The van der Waals surface area contributed by atoms with Gasteiger partial charge in [0.15, 0.2) is 11.5 Å². The molecule has 6 nitrogen and oxygen atoms in total. The monoisotopic (exact) mass is 416 g/mol. The van der Waals surface area contributed by atoms with E-state index in [4.69, 9.17) is 0 Å². The molecule has 4 rings (SSSR count). The van der Waals surface area contributed by atoms with Gasteiger partial charge in [0.25, 0.3) is 5.91 Å². The molecule has 1 fully saturated rings. The Labute approximate surface area is 171 Å². The molecular formula is C22H22F2N2O4. The van der Waals surface area contributed by atoms with Crippen LogP contribution in [0.15, 0.2) is 29.2 Å². The highest BCUT2D eigenvalue weighted by molar-refractivity contribution is 6.03. The maximum atomic E-state index is 13.8. The second-order valence-electron chi connectivity index (χ2n) is 8.33. The van der Waals surface area contributed by atoms with E-state index in [-0.39, 0.29) is 35.1 Å². The summed E-state index contributed by atoms with van der Waals surface area (Å²) in [6.07, 6.45) is 4.78. The predicted octanol–water partition coefficient (Wildman–Crippen LogP) is 3.15. The van der Waals surface area contributed by atoms with Crippen LogP contribution in [0, 0.1) is 23.0 Å². The molecule has 1 amide bonds. The van der Waals surface area contributed by atoms with E-state index in [2.05, 4.69) is 5.32 Å². The van der Waals surface area contributed by atoms with Crippen molar-refractivity contribution in [2.45, 2.75) is 45.7 Å². The number of nitrogens with zero attached hydrogens (tertiary/aromatic N) is 1. The minimum absolute atomic E-state index is 0.0539. The van der Waals surface area contributed by atoms with Crippen LogP contribution in [0.1, 0.15) is 59.0 Å². The third-order valence-electron chi connectivity index (χ3n) is 6.51. The number of aromatic nitrogens is 1. The normalized spacial score (nSPS) is 22.9. The van der Waals surface area contributed by atoms with E-state index in [9.17, 15) is 28.3 Å². The first kappa shape index (κ1) is 20.3. The highest BCUT2D eigenvalue weighted by Crippen LogP contribution is 2.47. The zero-order valence-electron chi connectivity index (χ0n) is 16.5. The molecular weight excluding hydrogens is 394 g/mol. The van der Waals surface area contributed by atoms with Crippen molar-refractivity contribution in [2.75, 3.05) is 0 Å². The molecule has 2 aromatic rings. The van der Waals surface area contributed by atoms with Gasteiger partial charge in [-0.05, 0) is 24.8 Å². The number of halogens is 2. The summed E-state index contributed by atoms with van der Waals surface area (Å²) in [7, 11) is 0. The van der Waals surface area contributed by atoms with Gasteiger partial charge < -0.3 is 15.0 Å². The second kappa shape index (κ2) is 7.34. The van der Waals surface area contributed by atoms with Crippen LogP contribution in [0.5, 0.6) is 5.75 Å². The van der Waals surface area contributed by atoms with Gasteiger partial charge in [-0.15, -0.1) is 0 Å². The number of pyridine rings is 1. The third kappa shape index (κ3) is 3.20. The maximum absolute atomic E-state index is 13.8. The summed E-state index contributed by atoms with van der Waals surface area (Å²) in [5.41, 5.74) is -1.89. The fraction of sp³-hybridized carbons (Fsp3) is 0.409. The molecule has 2 atom stereocenters. The Hall–Kier alpha value is -3.03. The molecule has 0 saturated heterocycles. The quantitative estimate of drug-likeness (QED) is 0.805. The zero-order chi connectivity index (χ0) is 21.6. The van der Waals surface area contributed by atoms with Gasteiger partial charge in [-0.25, -0.2) is 8.78 Å². The minimum atomic E-state index is -0.940. The van der Waals surface area contributed by atoms with Gasteiger partial charge in [0.1, 0.15) is 22.9 Å². The smallest absolute Gasteiger partial charge is 0.257 e. The molecule has 0 spiro atoms. The van der Waals surface area contributed by atoms with Gasteiger partial charge in [-0.3, -0.25) is 14.4 Å². The number of hydrogen-bond acceptors (Lipinski definition) is 4. The van der Waals surface area contributed by atoms with Crippen LogP contribution >= 0.6 is 0 Å². The highest BCUT2D eigenvalue weighted by Gasteiger charge is 2.48. The van der Waals surface area contributed by atoms with E-state index >= 15 is 0 Å². The third-order valence-corrected chi connectivity index (χ3v) is 6.51. The Morgan fingerprint density at radius 3 is 2.80 bits per heavy atom. The first-order valence-corrected chi connectivity index (χ1v) is 9.95. The summed E-state index contributed by atoms with van der Waals surface area (Å²) >= 11 is 0. The molecule has 2 N–H and O–H groups in total. The van der Waals surface area contributed by atoms with Crippen molar-refractivity contribution >= 4 is 11.7 Å². The number of ketones is 1. The van der Waals surface area contributed by atoms with E-state index in [1.807, 2.05) is 6.92 Å². The molecule has 8 heteroatoms. The molecule has 1 saturated carbocycles. The number of carbonyl (C=O) groups is 2. The van der Waals surface area contributed by atoms with E-state index in [1.54, 1.807) is 0 Å². The zero-order valence-corrected chi connectivity index (χ0v) is 16.5. The van der Waals surface area contributed by atoms with Crippen molar-refractivity contribution in [1.29, 1.82) is 0 Å². The van der Waals surface area contributed by atoms with Gasteiger partial charge >= 0.3 is 0 Å². The summed E-state index contributed by atoms with van der Waals surface area (Å²) in [4.78, 5) is 38.3. The Morgan fingerprint density at radius 2 is 2.07 bits per heavy atom. The molecule has 2 heterocycles. The van der Waals surface area contributed by atoms with Crippen LogP contribution in [-0.2, 0) is 13.1 Å². The van der Waals surface area contributed by atoms with E-state index in [0.717, 1.165) is 25.3 Å². The van der Waals surface area contributed by atoms with Crippen molar-refractivity contribution in [3.05, 3.63) is 63.1 Å². The lowest BCUT2D eigenvalue weighted by atomic mass is 9.62. The number of Topliss-reactive ketones (excluding diaryl/α,β-unsaturated/α-hetero) is 1. The molecule has 0 radical (unpaired) electrons. The summed E-state index contributed by atoms with van der Waals surface area (Å²) in [5, 5.41) is 12.9. The Balaban J connectivity index is 1.64. The number of aromatic hydroxyl groups is 1. The van der Waals surface area contributed by atoms with Crippen molar-refractivity contribution in [1.82, 2.24) is 9.88 Å². The van der Waals surface area contributed by atoms with Crippen LogP contribution < -0.4 is 10.7 Å². The first-order valence-electron chi connectivity index (χ1n) is 9.95. The Bertz CT molecular complexity index is 1110. The minimum Gasteiger partial charge on any atom is -0.503 e. The average molecular weight is 416 g/mol. The van der Waals surface area contributed by atoms with Gasteiger partial charge in [0.2, 0.25) is 5.43 Å². The molecule has 0 unspecified atom stereocenters. The highest BCUT2D eigenvalue weighted by atomic mass is 19.1. The van der Waals surface area contributed by atoms with E-state index < -0.39 is 34.1 Å². The van der Waals surface area contributed by atoms with Gasteiger partial charge in [0.05, 0.1) is 0 Å². The van der Waals surface area contributed by atoms with Crippen LogP contribution in [0.4, 0.5) is 8.78 Å². The first-order chi connectivity index (χ1) is 14.2. The van der Waals surface area contributed by atoms with Gasteiger partial charge in [0, 0.05) is 36.3 Å². The SMILES string of the molecule is C[C@]12CCCC[C@H]1Cn1cc(C(=O)NCc3ccc(F)cc3F)c(=O)c(O)c1C2=O. The molecule has 158 valence electrons. The molecule has 1 aliphatic carbocycles. The van der Waals surface area contributed by atoms with Crippen LogP contribution in [0.25, 0.3) is 0 Å². The number of fused-ring (bicyclic) bond motifs is 2. The molecule has 1 aromatic carbocycles. The van der Waals surface area contributed by atoms with E-state index in [1.165, 1.54) is 16.8 Å². The molecule has 2 aliphatic rings. The lowest BCUT2D eigenvalue weighted by Gasteiger charge is -2.44. The van der Waals surface area contributed by atoms with Crippen molar-refractivity contribution in [3.63, 3.8) is 0 Å². The van der Waals surface area contributed by atoms with Crippen LogP contribution in [0.2, 0.25) is 0 Å². The largest absolute Gasteiger partial charge is 0.503 e. The van der Waals surface area contributed by atoms with Crippen molar-refractivity contribution in [3.8, 4) is 5.75 Å². The van der Waals surface area contributed by atoms with Gasteiger partial charge in [-0.1, -0.05) is 25.8 Å².